The van der Waals surface area contributed by atoms with Gasteiger partial charge in [0, 0.05) is 39.3 Å². The molecule has 1 saturated heterocycles. The van der Waals surface area contributed by atoms with E-state index in [0.717, 1.165) is 32.7 Å². The topological polar surface area (TPSA) is 24.9 Å². The van der Waals surface area contributed by atoms with Crippen molar-refractivity contribution in [1.29, 1.82) is 0 Å². The van der Waals surface area contributed by atoms with Crippen LogP contribution < -0.4 is 0 Å². The number of ether oxygens (including phenoxy) is 2. The Bertz CT molecular complexity index is 677. The maximum absolute atomic E-state index is 5.67. The van der Waals surface area contributed by atoms with E-state index in [2.05, 4.69) is 72.3 Å². The average Bonchev–Trinajstić information content (AvgIpc) is 2.73. The zero-order chi connectivity index (χ0) is 19.6. The second kappa shape index (κ2) is 11.3. The van der Waals surface area contributed by atoms with E-state index in [4.69, 9.17) is 9.47 Å². The predicted molar refractivity (Wildman–Crippen MR) is 115 cm³/mol. The Morgan fingerprint density at radius 1 is 0.714 bits per heavy atom. The van der Waals surface area contributed by atoms with Crippen molar-refractivity contribution < 1.29 is 9.47 Å². The summed E-state index contributed by atoms with van der Waals surface area (Å²) in [4.78, 5) is 4.94. The first-order chi connectivity index (χ1) is 13.7. The van der Waals surface area contributed by atoms with Gasteiger partial charge in [-0.2, -0.15) is 0 Å². The third-order valence-electron chi connectivity index (χ3n) is 5.23. The summed E-state index contributed by atoms with van der Waals surface area (Å²) >= 11 is 0. The number of hydrogen-bond donors (Lipinski definition) is 0. The molecule has 1 heterocycles. The Morgan fingerprint density at radius 3 is 1.89 bits per heavy atom. The summed E-state index contributed by atoms with van der Waals surface area (Å²) in [6.45, 7) is 10.6. The number of likely N-dealkylation sites (N-methyl/N-ethyl adjacent to an activating group) is 1. The highest BCUT2D eigenvalue weighted by Crippen LogP contribution is 2.21. The standard InChI is InChI=1S/C24H34N2O2/c1-3-16-27-17-18-28-20-22-6-10-24(11-7-22)23-8-4-21(5-9-23)19-26-14-12-25(2)13-15-26/h4-11H,3,12-20H2,1-2H3. The van der Waals surface area contributed by atoms with Crippen LogP contribution in [0.5, 0.6) is 0 Å². The second-order valence-electron chi connectivity index (χ2n) is 7.64. The maximum atomic E-state index is 5.67. The second-order valence-corrected chi connectivity index (χ2v) is 7.64. The lowest BCUT2D eigenvalue weighted by atomic mass is 10.0. The van der Waals surface area contributed by atoms with Gasteiger partial charge in [0.1, 0.15) is 0 Å². The van der Waals surface area contributed by atoms with Gasteiger partial charge < -0.3 is 14.4 Å². The van der Waals surface area contributed by atoms with Crippen LogP contribution in [0, 0.1) is 0 Å². The van der Waals surface area contributed by atoms with E-state index in [1.54, 1.807) is 0 Å². The lowest BCUT2D eigenvalue weighted by molar-refractivity contribution is 0.0408. The Kier molecular flexibility index (Phi) is 8.49. The minimum atomic E-state index is 0.639. The largest absolute Gasteiger partial charge is 0.379 e. The molecule has 0 amide bonds. The zero-order valence-electron chi connectivity index (χ0n) is 17.4. The van der Waals surface area contributed by atoms with Crippen LogP contribution in [0.25, 0.3) is 11.1 Å². The smallest absolute Gasteiger partial charge is 0.0718 e. The quantitative estimate of drug-likeness (QED) is 0.579. The SMILES string of the molecule is CCCOCCOCc1ccc(-c2ccc(CN3CCN(C)CC3)cc2)cc1. The highest BCUT2D eigenvalue weighted by molar-refractivity contribution is 5.63. The molecule has 4 heteroatoms. The van der Waals surface area contributed by atoms with Crippen LogP contribution in [0.4, 0.5) is 0 Å². The highest BCUT2D eigenvalue weighted by Gasteiger charge is 2.13. The summed E-state index contributed by atoms with van der Waals surface area (Å²) in [5, 5.41) is 0. The Hall–Kier alpha value is -1.72. The molecule has 4 nitrogen and oxygen atoms in total. The molecule has 1 fully saturated rings. The average molecular weight is 383 g/mol. The van der Waals surface area contributed by atoms with Crippen molar-refractivity contribution in [2.45, 2.75) is 26.5 Å². The lowest BCUT2D eigenvalue weighted by Crippen LogP contribution is -2.43. The molecule has 0 aromatic heterocycles. The minimum Gasteiger partial charge on any atom is -0.379 e. The highest BCUT2D eigenvalue weighted by atomic mass is 16.5. The number of piperazine rings is 1. The zero-order valence-corrected chi connectivity index (χ0v) is 17.4. The van der Waals surface area contributed by atoms with Crippen LogP contribution in [-0.2, 0) is 22.6 Å². The van der Waals surface area contributed by atoms with E-state index in [9.17, 15) is 0 Å². The van der Waals surface area contributed by atoms with Crippen LogP contribution in [-0.4, -0.2) is 62.8 Å². The summed E-state index contributed by atoms with van der Waals surface area (Å²) in [7, 11) is 2.20. The van der Waals surface area contributed by atoms with Crippen molar-refractivity contribution in [2.75, 3.05) is 53.0 Å². The molecule has 1 aliphatic heterocycles. The first-order valence-electron chi connectivity index (χ1n) is 10.5. The molecule has 2 aromatic carbocycles. The molecular formula is C24H34N2O2. The molecule has 2 aromatic rings. The van der Waals surface area contributed by atoms with Crippen molar-refractivity contribution in [3.63, 3.8) is 0 Å². The molecule has 0 saturated carbocycles. The van der Waals surface area contributed by atoms with Gasteiger partial charge in [-0.1, -0.05) is 55.5 Å². The van der Waals surface area contributed by atoms with Crippen LogP contribution in [0.2, 0.25) is 0 Å². The Balaban J connectivity index is 1.45. The van der Waals surface area contributed by atoms with Crippen molar-refractivity contribution in [1.82, 2.24) is 9.80 Å². The van der Waals surface area contributed by atoms with Gasteiger partial charge in [0.05, 0.1) is 19.8 Å². The molecule has 0 N–H and O–H groups in total. The van der Waals surface area contributed by atoms with Gasteiger partial charge in [-0.3, -0.25) is 4.90 Å². The minimum absolute atomic E-state index is 0.639. The third-order valence-corrected chi connectivity index (χ3v) is 5.23. The van der Waals surface area contributed by atoms with Crippen molar-refractivity contribution in [3.05, 3.63) is 59.7 Å². The van der Waals surface area contributed by atoms with E-state index in [-0.39, 0.29) is 0 Å². The number of benzene rings is 2. The number of rotatable bonds is 10. The van der Waals surface area contributed by atoms with Crippen LogP contribution in [0.1, 0.15) is 24.5 Å². The molecular weight excluding hydrogens is 348 g/mol. The summed E-state index contributed by atoms with van der Waals surface area (Å²) < 4.78 is 11.1. The summed E-state index contributed by atoms with van der Waals surface area (Å²) in [6.07, 6.45) is 1.05. The molecule has 0 aliphatic carbocycles. The lowest BCUT2D eigenvalue weighted by Gasteiger charge is -2.32. The van der Waals surface area contributed by atoms with Crippen LogP contribution >= 0.6 is 0 Å². The van der Waals surface area contributed by atoms with Gasteiger partial charge in [-0.05, 0) is 35.7 Å². The fraction of sp³-hybridized carbons (Fsp3) is 0.500. The normalized spacial score (nSPS) is 15.8. The van der Waals surface area contributed by atoms with Crippen LogP contribution in [0.15, 0.2) is 48.5 Å². The van der Waals surface area contributed by atoms with Gasteiger partial charge >= 0.3 is 0 Å². The fourth-order valence-corrected chi connectivity index (χ4v) is 3.41. The monoisotopic (exact) mass is 382 g/mol. The summed E-state index contributed by atoms with van der Waals surface area (Å²) in [5.74, 6) is 0. The van der Waals surface area contributed by atoms with Gasteiger partial charge in [0.15, 0.2) is 0 Å². The first kappa shape index (κ1) is 21.0. The molecule has 0 spiro atoms. The van der Waals surface area contributed by atoms with Crippen molar-refractivity contribution >= 4 is 0 Å². The molecule has 0 unspecified atom stereocenters. The molecule has 3 rings (SSSR count). The fourth-order valence-electron chi connectivity index (χ4n) is 3.41. The Morgan fingerprint density at radius 2 is 1.29 bits per heavy atom. The predicted octanol–water partition coefficient (Wildman–Crippen LogP) is 4.04. The van der Waals surface area contributed by atoms with Gasteiger partial charge in [0.2, 0.25) is 0 Å². The molecule has 0 atom stereocenters. The van der Waals surface area contributed by atoms with E-state index >= 15 is 0 Å². The Labute approximate surface area is 170 Å². The first-order valence-corrected chi connectivity index (χ1v) is 10.5. The third kappa shape index (κ3) is 6.71. The van der Waals surface area contributed by atoms with Gasteiger partial charge in [-0.15, -0.1) is 0 Å². The maximum Gasteiger partial charge on any atom is 0.0718 e. The van der Waals surface area contributed by atoms with E-state index in [1.165, 1.54) is 35.3 Å². The summed E-state index contributed by atoms with van der Waals surface area (Å²) in [6, 6.07) is 17.7. The molecule has 1 aliphatic rings. The van der Waals surface area contributed by atoms with Crippen molar-refractivity contribution in [2.24, 2.45) is 0 Å². The number of hydrogen-bond acceptors (Lipinski definition) is 4. The molecule has 28 heavy (non-hydrogen) atoms. The van der Waals surface area contributed by atoms with Gasteiger partial charge in [-0.25, -0.2) is 0 Å². The van der Waals surface area contributed by atoms with E-state index in [0.29, 0.717) is 19.8 Å². The molecule has 0 radical (unpaired) electrons. The van der Waals surface area contributed by atoms with E-state index in [1.807, 2.05) is 0 Å². The molecule has 0 bridgehead atoms. The van der Waals surface area contributed by atoms with Crippen molar-refractivity contribution in [3.8, 4) is 11.1 Å². The van der Waals surface area contributed by atoms with Gasteiger partial charge in [0.25, 0.3) is 0 Å². The number of nitrogens with zero attached hydrogens (tertiary/aromatic N) is 2. The van der Waals surface area contributed by atoms with Crippen LogP contribution in [0.3, 0.4) is 0 Å². The summed E-state index contributed by atoms with van der Waals surface area (Å²) in [5.41, 5.74) is 5.11. The molecule has 152 valence electrons. The van der Waals surface area contributed by atoms with E-state index < -0.39 is 0 Å².